The lowest BCUT2D eigenvalue weighted by Gasteiger charge is -2.10. The minimum absolute atomic E-state index is 0.223. The van der Waals surface area contributed by atoms with Gasteiger partial charge in [-0.1, -0.05) is 46.3 Å². The fraction of sp³-hybridized carbons (Fsp3) is 0.105. The van der Waals surface area contributed by atoms with Crippen LogP contribution in [-0.4, -0.2) is 28.5 Å². The molecule has 27 heavy (non-hydrogen) atoms. The van der Waals surface area contributed by atoms with Crippen LogP contribution in [0.5, 0.6) is 5.75 Å². The molecule has 1 fully saturated rings. The van der Waals surface area contributed by atoms with Crippen molar-refractivity contribution in [3.63, 3.8) is 0 Å². The Bertz CT molecular complexity index is 928. The van der Waals surface area contributed by atoms with Crippen LogP contribution in [-0.2, 0) is 16.2 Å². The second-order valence-electron chi connectivity index (χ2n) is 5.69. The molecule has 3 rings (SSSR count). The van der Waals surface area contributed by atoms with Crippen LogP contribution in [0.2, 0.25) is 0 Å². The molecule has 3 amide bonds. The molecule has 1 heterocycles. The summed E-state index contributed by atoms with van der Waals surface area (Å²) in [5.74, 6) is -0.689. The number of nitrogens with two attached hydrogens (primary N) is 1. The highest BCUT2D eigenvalue weighted by Crippen LogP contribution is 2.33. The molecule has 2 N–H and O–H groups in total. The molecule has 1 aliphatic heterocycles. The molecule has 1 aliphatic rings. The Balaban J connectivity index is 1.78. The molecule has 138 valence electrons. The van der Waals surface area contributed by atoms with Gasteiger partial charge < -0.3 is 10.5 Å². The number of thioether (sulfide) groups is 1. The predicted molar refractivity (Wildman–Crippen MR) is 107 cm³/mol. The van der Waals surface area contributed by atoms with E-state index in [2.05, 4.69) is 15.9 Å². The van der Waals surface area contributed by atoms with E-state index in [1.54, 1.807) is 18.2 Å². The third kappa shape index (κ3) is 4.78. The van der Waals surface area contributed by atoms with Gasteiger partial charge in [0.1, 0.15) is 18.9 Å². The molecular formula is C19H15BrN2O4S. The van der Waals surface area contributed by atoms with Crippen LogP contribution < -0.4 is 10.5 Å². The predicted octanol–water partition coefficient (Wildman–Crippen LogP) is 3.55. The van der Waals surface area contributed by atoms with Gasteiger partial charge in [0.15, 0.2) is 0 Å². The third-order valence-corrected chi connectivity index (χ3v) is 5.14. The molecule has 8 heteroatoms. The number of nitrogens with zero attached hydrogens (tertiary/aromatic N) is 1. The van der Waals surface area contributed by atoms with Gasteiger partial charge in [-0.15, -0.1) is 0 Å². The molecular weight excluding hydrogens is 432 g/mol. The number of hydrogen-bond donors (Lipinski definition) is 1. The minimum Gasteiger partial charge on any atom is -0.488 e. The summed E-state index contributed by atoms with van der Waals surface area (Å²) in [6.45, 7) is -0.0645. The molecule has 1 saturated heterocycles. The zero-order chi connectivity index (χ0) is 19.4. The fourth-order valence-electron chi connectivity index (χ4n) is 2.41. The van der Waals surface area contributed by atoms with E-state index < -0.39 is 23.6 Å². The van der Waals surface area contributed by atoms with E-state index in [0.717, 1.165) is 26.7 Å². The number of benzene rings is 2. The summed E-state index contributed by atoms with van der Waals surface area (Å²) in [6, 6.07) is 15.0. The number of ether oxygens (including phenoxy) is 1. The Morgan fingerprint density at radius 3 is 2.56 bits per heavy atom. The van der Waals surface area contributed by atoms with Crippen LogP contribution >= 0.6 is 27.7 Å². The molecule has 0 aliphatic carbocycles. The van der Waals surface area contributed by atoms with Crippen LogP contribution in [0.15, 0.2) is 57.9 Å². The molecule has 0 saturated carbocycles. The van der Waals surface area contributed by atoms with Gasteiger partial charge in [-0.3, -0.25) is 19.3 Å². The second-order valence-corrected chi connectivity index (χ2v) is 7.60. The molecule has 6 nitrogen and oxygen atoms in total. The number of carbonyl (C=O) groups excluding carboxylic acids is 3. The first-order valence-corrected chi connectivity index (χ1v) is 9.55. The monoisotopic (exact) mass is 446 g/mol. The van der Waals surface area contributed by atoms with Crippen molar-refractivity contribution in [1.29, 1.82) is 0 Å². The van der Waals surface area contributed by atoms with Crippen molar-refractivity contribution in [2.75, 3.05) is 6.54 Å². The second kappa shape index (κ2) is 8.41. The maximum Gasteiger partial charge on any atom is 0.294 e. The van der Waals surface area contributed by atoms with Crippen LogP contribution in [0.3, 0.4) is 0 Å². The molecule has 0 unspecified atom stereocenters. The van der Waals surface area contributed by atoms with Gasteiger partial charge in [-0.25, -0.2) is 0 Å². The molecule has 2 aromatic rings. The topological polar surface area (TPSA) is 89.7 Å². The number of hydrogen-bond acceptors (Lipinski definition) is 5. The Labute approximate surface area is 168 Å². The lowest BCUT2D eigenvalue weighted by Crippen LogP contribution is -2.36. The van der Waals surface area contributed by atoms with Gasteiger partial charge in [0.05, 0.1) is 4.91 Å². The Kier molecular flexibility index (Phi) is 5.98. The average molecular weight is 447 g/mol. The molecule has 0 aromatic heterocycles. The van der Waals surface area contributed by atoms with Gasteiger partial charge in [0.2, 0.25) is 5.91 Å². The SMILES string of the molecule is NC(=O)CN1C(=O)S/C(=C\c2ccccc2OCc2ccc(Br)cc2)C1=O. The highest BCUT2D eigenvalue weighted by molar-refractivity contribution is 9.10. The number of rotatable bonds is 6. The smallest absolute Gasteiger partial charge is 0.294 e. The maximum absolute atomic E-state index is 12.3. The van der Waals surface area contributed by atoms with Crippen molar-refractivity contribution in [1.82, 2.24) is 4.90 Å². The van der Waals surface area contributed by atoms with E-state index in [-0.39, 0.29) is 4.91 Å². The zero-order valence-corrected chi connectivity index (χ0v) is 16.5. The third-order valence-electron chi connectivity index (χ3n) is 3.70. The number of halogens is 1. The highest BCUT2D eigenvalue weighted by Gasteiger charge is 2.35. The molecule has 0 atom stereocenters. The molecule has 0 spiro atoms. The lowest BCUT2D eigenvalue weighted by molar-refractivity contribution is -0.127. The van der Waals surface area contributed by atoms with Gasteiger partial charge >= 0.3 is 0 Å². The van der Waals surface area contributed by atoms with Crippen molar-refractivity contribution in [3.8, 4) is 5.75 Å². The molecule has 2 aromatic carbocycles. The lowest BCUT2D eigenvalue weighted by atomic mass is 10.1. The van der Waals surface area contributed by atoms with Gasteiger partial charge in [-0.2, -0.15) is 0 Å². The number of amides is 3. The van der Waals surface area contributed by atoms with E-state index in [1.165, 1.54) is 0 Å². The first-order valence-electron chi connectivity index (χ1n) is 7.94. The first kappa shape index (κ1) is 19.2. The van der Waals surface area contributed by atoms with E-state index in [9.17, 15) is 14.4 Å². The summed E-state index contributed by atoms with van der Waals surface area (Å²) >= 11 is 4.16. The summed E-state index contributed by atoms with van der Waals surface area (Å²) in [7, 11) is 0. The number of para-hydroxylation sites is 1. The number of imide groups is 1. The van der Waals surface area contributed by atoms with Crippen molar-refractivity contribution < 1.29 is 19.1 Å². The summed E-state index contributed by atoms with van der Waals surface area (Å²) < 4.78 is 6.86. The normalized spacial score (nSPS) is 15.4. The van der Waals surface area contributed by atoms with E-state index >= 15 is 0 Å². The highest BCUT2D eigenvalue weighted by atomic mass is 79.9. The van der Waals surface area contributed by atoms with Gasteiger partial charge in [-0.05, 0) is 41.6 Å². The average Bonchev–Trinajstić information content (AvgIpc) is 2.89. The molecule has 0 bridgehead atoms. The first-order chi connectivity index (χ1) is 12.9. The van der Waals surface area contributed by atoms with Gasteiger partial charge in [0, 0.05) is 10.0 Å². The van der Waals surface area contributed by atoms with Crippen molar-refractivity contribution >= 4 is 50.8 Å². The van der Waals surface area contributed by atoms with Crippen LogP contribution in [0.1, 0.15) is 11.1 Å². The number of primary amides is 1. The summed E-state index contributed by atoms with van der Waals surface area (Å²) in [5, 5.41) is -0.515. The Hall–Kier alpha value is -2.58. The zero-order valence-electron chi connectivity index (χ0n) is 14.1. The van der Waals surface area contributed by atoms with Crippen molar-refractivity contribution in [2.45, 2.75) is 6.61 Å². The summed E-state index contributed by atoms with van der Waals surface area (Å²) in [6.07, 6.45) is 1.59. The van der Waals surface area contributed by atoms with Crippen LogP contribution in [0, 0.1) is 0 Å². The largest absolute Gasteiger partial charge is 0.488 e. The number of carbonyl (C=O) groups is 3. The summed E-state index contributed by atoms with van der Waals surface area (Å²) in [5.41, 5.74) is 6.75. The van der Waals surface area contributed by atoms with Crippen molar-refractivity contribution in [3.05, 3.63) is 69.0 Å². The van der Waals surface area contributed by atoms with Crippen LogP contribution in [0.25, 0.3) is 6.08 Å². The quantitative estimate of drug-likeness (QED) is 0.685. The Morgan fingerprint density at radius 2 is 1.85 bits per heavy atom. The van der Waals surface area contributed by atoms with Gasteiger partial charge in [0.25, 0.3) is 11.1 Å². The minimum atomic E-state index is -0.739. The fourth-order valence-corrected chi connectivity index (χ4v) is 3.50. The van der Waals surface area contributed by atoms with E-state index in [1.807, 2.05) is 36.4 Å². The van der Waals surface area contributed by atoms with E-state index in [0.29, 0.717) is 17.9 Å². The van der Waals surface area contributed by atoms with Crippen LogP contribution in [0.4, 0.5) is 4.79 Å². The molecule has 0 radical (unpaired) electrons. The standard InChI is InChI=1S/C19H15BrN2O4S/c20-14-7-5-12(6-8-14)11-26-15-4-2-1-3-13(15)9-16-18(24)22(10-17(21)23)19(25)27-16/h1-9H,10-11H2,(H2,21,23)/b16-9-. The summed E-state index contributed by atoms with van der Waals surface area (Å²) in [4.78, 5) is 36.4. The Morgan fingerprint density at radius 1 is 1.15 bits per heavy atom. The maximum atomic E-state index is 12.3. The van der Waals surface area contributed by atoms with Crippen molar-refractivity contribution in [2.24, 2.45) is 5.73 Å². The van der Waals surface area contributed by atoms with E-state index in [4.69, 9.17) is 10.5 Å².